The van der Waals surface area contributed by atoms with Crippen LogP contribution in [0.1, 0.15) is 31.2 Å². The summed E-state index contributed by atoms with van der Waals surface area (Å²) in [6, 6.07) is 10.7. The average molecular weight is 506 g/mol. The molecular weight excluding hydrogens is 471 g/mol. The molecule has 2 saturated heterocycles. The molecule has 10 heteroatoms. The molecule has 0 bridgehead atoms. The van der Waals surface area contributed by atoms with E-state index in [4.69, 9.17) is 4.74 Å². The number of ether oxygens (including phenoxy) is 1. The summed E-state index contributed by atoms with van der Waals surface area (Å²) in [5.74, 6) is 1.47. The largest absolute Gasteiger partial charge is 0.497 e. The van der Waals surface area contributed by atoms with Gasteiger partial charge in [0.15, 0.2) is 0 Å². The van der Waals surface area contributed by atoms with E-state index in [0.717, 1.165) is 70.0 Å². The van der Waals surface area contributed by atoms with E-state index < -0.39 is 11.7 Å². The third-order valence-corrected chi connectivity index (χ3v) is 6.95. The predicted octanol–water partition coefficient (Wildman–Crippen LogP) is 3.80. The number of halogens is 3. The van der Waals surface area contributed by atoms with Crippen molar-refractivity contribution in [2.24, 2.45) is 0 Å². The molecule has 1 aromatic carbocycles. The van der Waals surface area contributed by atoms with E-state index in [1.165, 1.54) is 11.8 Å². The molecule has 0 aliphatic carbocycles. The fourth-order valence-corrected chi connectivity index (χ4v) is 4.78. The van der Waals surface area contributed by atoms with Gasteiger partial charge in [0.05, 0.1) is 12.7 Å². The molecule has 2 aliphatic rings. The number of hydrogen-bond donors (Lipinski definition) is 1. The Balaban J connectivity index is 1.11. The van der Waals surface area contributed by atoms with Crippen LogP contribution in [-0.2, 0) is 11.0 Å². The maximum absolute atomic E-state index is 12.7. The summed E-state index contributed by atoms with van der Waals surface area (Å²) < 4.78 is 43.4. The Morgan fingerprint density at radius 2 is 1.69 bits per heavy atom. The number of piperidine rings is 1. The zero-order valence-electron chi connectivity index (χ0n) is 20.6. The van der Waals surface area contributed by atoms with Crippen molar-refractivity contribution in [1.82, 2.24) is 15.2 Å². The molecule has 0 radical (unpaired) electrons. The summed E-state index contributed by atoms with van der Waals surface area (Å²) in [6.45, 7) is 6.09. The van der Waals surface area contributed by atoms with Gasteiger partial charge in [0.25, 0.3) is 0 Å². The number of hydrogen-bond acceptors (Lipinski definition) is 6. The summed E-state index contributed by atoms with van der Waals surface area (Å²) in [5, 5.41) is 3.12. The molecule has 1 aromatic heterocycles. The highest BCUT2D eigenvalue weighted by molar-refractivity contribution is 5.76. The number of aromatic nitrogens is 1. The number of anilines is 2. The fourth-order valence-electron chi connectivity index (χ4n) is 4.78. The van der Waals surface area contributed by atoms with Crippen LogP contribution >= 0.6 is 0 Å². The molecule has 36 heavy (non-hydrogen) atoms. The maximum atomic E-state index is 12.7. The van der Waals surface area contributed by atoms with Gasteiger partial charge in [0.2, 0.25) is 5.91 Å². The fraction of sp³-hybridized carbons (Fsp3) is 0.538. The lowest BCUT2D eigenvalue weighted by molar-refractivity contribution is -0.137. The number of alkyl halides is 3. The summed E-state index contributed by atoms with van der Waals surface area (Å²) in [6.07, 6.45) is -0.678. The van der Waals surface area contributed by atoms with Gasteiger partial charge in [-0.1, -0.05) is 0 Å². The molecule has 0 atom stereocenters. The number of amides is 1. The lowest BCUT2D eigenvalue weighted by atomic mass is 10.0. The molecule has 2 aliphatic heterocycles. The summed E-state index contributed by atoms with van der Waals surface area (Å²) in [7, 11) is 1.67. The molecule has 1 amide bonds. The number of nitrogens with one attached hydrogen (secondary N) is 1. The van der Waals surface area contributed by atoms with Crippen LogP contribution in [0.3, 0.4) is 0 Å². The van der Waals surface area contributed by atoms with Gasteiger partial charge in [-0.05, 0) is 62.2 Å². The van der Waals surface area contributed by atoms with Gasteiger partial charge in [0, 0.05) is 63.6 Å². The molecule has 2 fully saturated rings. The second kappa shape index (κ2) is 11.8. The van der Waals surface area contributed by atoms with Crippen molar-refractivity contribution < 1.29 is 22.7 Å². The number of nitrogens with zero attached hydrogens (tertiary/aromatic N) is 4. The number of carbonyl (C=O) groups is 1. The topological polar surface area (TPSA) is 60.9 Å². The van der Waals surface area contributed by atoms with E-state index >= 15 is 0 Å². The van der Waals surface area contributed by atoms with E-state index in [2.05, 4.69) is 32.2 Å². The van der Waals surface area contributed by atoms with Gasteiger partial charge in [-0.3, -0.25) is 9.69 Å². The SMILES string of the molecule is COc1ccc(N2CCN(CCCC(=O)NC3CCN(c4ccc(C(F)(F)F)cn4)CC3)CC2)cc1. The van der Waals surface area contributed by atoms with Gasteiger partial charge < -0.3 is 19.9 Å². The second-order valence-corrected chi connectivity index (χ2v) is 9.36. The molecule has 0 spiro atoms. The van der Waals surface area contributed by atoms with Crippen LogP contribution in [0, 0.1) is 0 Å². The van der Waals surface area contributed by atoms with E-state index in [1.807, 2.05) is 17.0 Å². The van der Waals surface area contributed by atoms with Crippen molar-refractivity contribution in [3.8, 4) is 5.75 Å². The third kappa shape index (κ3) is 7.02. The Labute approximate surface area is 210 Å². The number of piperazine rings is 1. The lowest BCUT2D eigenvalue weighted by Crippen LogP contribution is -2.47. The highest BCUT2D eigenvalue weighted by Gasteiger charge is 2.31. The smallest absolute Gasteiger partial charge is 0.417 e. The minimum atomic E-state index is -4.38. The first kappa shape index (κ1) is 26.1. The van der Waals surface area contributed by atoms with Crippen molar-refractivity contribution in [2.45, 2.75) is 37.9 Å². The normalized spacial score (nSPS) is 17.8. The number of rotatable bonds is 8. The molecule has 196 valence electrons. The van der Waals surface area contributed by atoms with Gasteiger partial charge in [-0.2, -0.15) is 13.2 Å². The molecule has 2 aromatic rings. The van der Waals surface area contributed by atoms with E-state index in [-0.39, 0.29) is 11.9 Å². The van der Waals surface area contributed by atoms with Gasteiger partial charge in [-0.15, -0.1) is 0 Å². The van der Waals surface area contributed by atoms with Gasteiger partial charge in [0.1, 0.15) is 11.6 Å². The van der Waals surface area contributed by atoms with E-state index in [0.29, 0.717) is 25.3 Å². The maximum Gasteiger partial charge on any atom is 0.417 e. The van der Waals surface area contributed by atoms with Crippen molar-refractivity contribution in [3.05, 3.63) is 48.2 Å². The van der Waals surface area contributed by atoms with Crippen LogP contribution in [0.5, 0.6) is 5.75 Å². The first-order valence-corrected chi connectivity index (χ1v) is 12.5. The summed E-state index contributed by atoms with van der Waals surface area (Å²) >= 11 is 0. The zero-order valence-corrected chi connectivity index (χ0v) is 20.6. The first-order chi connectivity index (χ1) is 17.3. The van der Waals surface area contributed by atoms with Gasteiger partial charge >= 0.3 is 6.18 Å². The van der Waals surface area contributed by atoms with Crippen LogP contribution in [0.25, 0.3) is 0 Å². The van der Waals surface area contributed by atoms with Crippen LogP contribution in [-0.4, -0.2) is 74.8 Å². The van der Waals surface area contributed by atoms with Crippen LogP contribution in [0.2, 0.25) is 0 Å². The number of methoxy groups -OCH3 is 1. The highest BCUT2D eigenvalue weighted by atomic mass is 19.4. The molecule has 7 nitrogen and oxygen atoms in total. The second-order valence-electron chi connectivity index (χ2n) is 9.36. The van der Waals surface area contributed by atoms with Crippen molar-refractivity contribution in [2.75, 3.05) is 62.7 Å². The third-order valence-electron chi connectivity index (χ3n) is 6.95. The average Bonchev–Trinajstić information content (AvgIpc) is 2.89. The Kier molecular flexibility index (Phi) is 8.56. The molecule has 4 rings (SSSR count). The van der Waals surface area contributed by atoms with Crippen molar-refractivity contribution >= 4 is 17.4 Å². The Bertz CT molecular complexity index is 969. The molecule has 3 heterocycles. The van der Waals surface area contributed by atoms with Gasteiger partial charge in [-0.25, -0.2) is 4.98 Å². The van der Waals surface area contributed by atoms with Crippen molar-refractivity contribution in [3.63, 3.8) is 0 Å². The molecule has 0 unspecified atom stereocenters. The van der Waals surface area contributed by atoms with E-state index in [9.17, 15) is 18.0 Å². The molecule has 1 N–H and O–H groups in total. The molecular formula is C26H34F3N5O2. The Morgan fingerprint density at radius 1 is 1.00 bits per heavy atom. The summed E-state index contributed by atoms with van der Waals surface area (Å²) in [5.41, 5.74) is 0.461. The quantitative estimate of drug-likeness (QED) is 0.589. The van der Waals surface area contributed by atoms with Crippen LogP contribution in [0.15, 0.2) is 42.6 Å². The number of carbonyl (C=O) groups excluding carboxylic acids is 1. The number of pyridine rings is 1. The lowest BCUT2D eigenvalue weighted by Gasteiger charge is -2.36. The Hall–Kier alpha value is -3.01. The highest BCUT2D eigenvalue weighted by Crippen LogP contribution is 2.30. The van der Waals surface area contributed by atoms with Crippen molar-refractivity contribution in [1.29, 1.82) is 0 Å². The Morgan fingerprint density at radius 3 is 2.28 bits per heavy atom. The summed E-state index contributed by atoms with van der Waals surface area (Å²) in [4.78, 5) is 23.2. The minimum Gasteiger partial charge on any atom is -0.497 e. The monoisotopic (exact) mass is 505 g/mol. The molecule has 0 saturated carbocycles. The number of benzene rings is 1. The zero-order chi connectivity index (χ0) is 25.5. The van der Waals surface area contributed by atoms with Crippen LogP contribution in [0.4, 0.5) is 24.7 Å². The predicted molar refractivity (Wildman–Crippen MR) is 133 cm³/mol. The standard InChI is InChI=1S/C26H34F3N5O2/c1-36-23-7-5-22(6-8-23)33-17-15-32(16-18-33)12-2-3-25(35)31-21-10-13-34(14-11-21)24-9-4-20(19-30-24)26(27,28)29/h4-9,19,21H,2-3,10-18H2,1H3,(H,31,35). The minimum absolute atomic E-state index is 0.0676. The van der Waals surface area contributed by atoms with Crippen LogP contribution < -0.4 is 19.9 Å². The van der Waals surface area contributed by atoms with E-state index in [1.54, 1.807) is 7.11 Å². The first-order valence-electron chi connectivity index (χ1n) is 12.5.